The van der Waals surface area contributed by atoms with Crippen LogP contribution in [0.15, 0.2) is 18.2 Å². The summed E-state index contributed by atoms with van der Waals surface area (Å²) in [6.07, 6.45) is 3.42. The van der Waals surface area contributed by atoms with Crippen molar-refractivity contribution in [2.45, 2.75) is 32.2 Å². The van der Waals surface area contributed by atoms with Crippen LogP contribution in [-0.4, -0.2) is 26.1 Å². The fraction of sp³-hybridized carbons (Fsp3) is 0.533. The van der Waals surface area contributed by atoms with Crippen LogP contribution in [0.1, 0.15) is 48.1 Å². The van der Waals surface area contributed by atoms with Crippen LogP contribution >= 0.6 is 0 Å². The second-order valence-electron chi connectivity index (χ2n) is 4.84. The molecule has 2 rings (SSSR count). The minimum atomic E-state index is -0.0419. The van der Waals surface area contributed by atoms with Gasteiger partial charge < -0.3 is 15.4 Å². The molecule has 0 aliphatic carbocycles. The normalized spacial score (nSPS) is 16.0. The summed E-state index contributed by atoms with van der Waals surface area (Å²) < 4.78 is 5.56. The van der Waals surface area contributed by atoms with Crippen LogP contribution in [0, 0.1) is 0 Å². The van der Waals surface area contributed by atoms with Crippen LogP contribution in [-0.2, 0) is 0 Å². The van der Waals surface area contributed by atoms with Crippen LogP contribution in [0.3, 0.4) is 0 Å². The number of fused-ring (bicyclic) bond motifs is 1. The average Bonchev–Trinajstić information content (AvgIpc) is 2.62. The summed E-state index contributed by atoms with van der Waals surface area (Å²) in [5.41, 5.74) is 1.79. The lowest BCUT2D eigenvalue weighted by Gasteiger charge is -2.17. The third-order valence-corrected chi connectivity index (χ3v) is 3.49. The lowest BCUT2D eigenvalue weighted by molar-refractivity contribution is 0.0957. The van der Waals surface area contributed by atoms with Gasteiger partial charge >= 0.3 is 0 Å². The highest BCUT2D eigenvalue weighted by Gasteiger charge is 2.18. The molecule has 1 atom stereocenters. The molecule has 0 saturated carbocycles. The number of benzene rings is 1. The molecule has 0 saturated heterocycles. The number of ether oxygens (including phenoxy) is 1. The molecule has 0 radical (unpaired) electrons. The van der Waals surface area contributed by atoms with E-state index in [1.165, 1.54) is 12.8 Å². The van der Waals surface area contributed by atoms with E-state index < -0.39 is 0 Å². The third-order valence-electron chi connectivity index (χ3n) is 3.49. The Morgan fingerprint density at radius 2 is 2.32 bits per heavy atom. The monoisotopic (exact) mass is 262 g/mol. The predicted octanol–water partition coefficient (Wildman–Crippen LogP) is 2.26. The molecule has 19 heavy (non-hydrogen) atoms. The number of carbonyl (C=O) groups is 1. The summed E-state index contributed by atoms with van der Waals surface area (Å²) >= 11 is 0. The van der Waals surface area contributed by atoms with Crippen LogP contribution < -0.4 is 15.4 Å². The van der Waals surface area contributed by atoms with Gasteiger partial charge in [0.25, 0.3) is 5.91 Å². The summed E-state index contributed by atoms with van der Waals surface area (Å²) in [5.74, 6) is 0.642. The van der Waals surface area contributed by atoms with Crippen molar-refractivity contribution in [2.24, 2.45) is 0 Å². The number of hydrogen-bond acceptors (Lipinski definition) is 3. The molecular formula is C15H22N2O2. The first-order chi connectivity index (χ1) is 9.26. The molecule has 1 aliphatic rings. The Kier molecular flexibility index (Phi) is 4.80. The zero-order valence-electron chi connectivity index (χ0n) is 11.7. The SMILES string of the molecule is CCCCC(NC)c1ccc2c(c1)C(=O)NCCO2. The highest BCUT2D eigenvalue weighted by molar-refractivity contribution is 5.97. The van der Waals surface area contributed by atoms with Crippen LogP contribution in [0.2, 0.25) is 0 Å². The fourth-order valence-electron chi connectivity index (χ4n) is 2.37. The molecule has 1 unspecified atom stereocenters. The van der Waals surface area contributed by atoms with Gasteiger partial charge in [-0.05, 0) is 31.2 Å². The van der Waals surface area contributed by atoms with Crippen LogP contribution in [0.5, 0.6) is 5.75 Å². The van der Waals surface area contributed by atoms with Gasteiger partial charge in [-0.2, -0.15) is 0 Å². The molecule has 4 nitrogen and oxygen atoms in total. The maximum Gasteiger partial charge on any atom is 0.255 e. The Bertz CT molecular complexity index is 446. The van der Waals surface area contributed by atoms with Crippen LogP contribution in [0.4, 0.5) is 0 Å². The van der Waals surface area contributed by atoms with E-state index in [0.717, 1.165) is 12.0 Å². The smallest absolute Gasteiger partial charge is 0.255 e. The first kappa shape index (κ1) is 13.9. The van der Waals surface area contributed by atoms with Crippen LogP contribution in [0.25, 0.3) is 0 Å². The highest BCUT2D eigenvalue weighted by Crippen LogP contribution is 2.26. The number of unbranched alkanes of at least 4 members (excludes halogenated alkanes) is 1. The summed E-state index contributed by atoms with van der Waals surface area (Å²) in [7, 11) is 1.96. The van der Waals surface area contributed by atoms with Gasteiger partial charge in [0.15, 0.2) is 0 Å². The van der Waals surface area contributed by atoms with Crippen molar-refractivity contribution in [1.29, 1.82) is 0 Å². The van der Waals surface area contributed by atoms with Gasteiger partial charge in [0.2, 0.25) is 0 Å². The van der Waals surface area contributed by atoms with Gasteiger partial charge in [-0.15, -0.1) is 0 Å². The largest absolute Gasteiger partial charge is 0.491 e. The number of hydrogen-bond donors (Lipinski definition) is 2. The molecule has 4 heteroatoms. The van der Waals surface area contributed by atoms with E-state index in [1.54, 1.807) is 0 Å². The fourth-order valence-corrected chi connectivity index (χ4v) is 2.37. The molecule has 0 spiro atoms. The zero-order valence-corrected chi connectivity index (χ0v) is 11.7. The Hall–Kier alpha value is -1.55. The molecule has 1 amide bonds. The second-order valence-corrected chi connectivity index (χ2v) is 4.84. The lowest BCUT2D eigenvalue weighted by atomic mass is 9.98. The number of amides is 1. The maximum absolute atomic E-state index is 12.0. The third kappa shape index (κ3) is 3.26. The number of rotatable bonds is 5. The Labute approximate surface area is 114 Å². The van der Waals surface area contributed by atoms with Crippen molar-refractivity contribution < 1.29 is 9.53 Å². The van der Waals surface area contributed by atoms with Gasteiger partial charge in [-0.3, -0.25) is 4.79 Å². The summed E-state index contributed by atoms with van der Waals surface area (Å²) in [6.45, 7) is 3.28. The Balaban J connectivity index is 2.25. The van der Waals surface area contributed by atoms with Crippen molar-refractivity contribution in [3.05, 3.63) is 29.3 Å². The van der Waals surface area contributed by atoms with E-state index in [9.17, 15) is 4.79 Å². The molecule has 0 fully saturated rings. The standard InChI is InChI=1S/C15H22N2O2/c1-3-4-5-13(16-2)11-6-7-14-12(10-11)15(18)17-8-9-19-14/h6-7,10,13,16H,3-5,8-9H2,1-2H3,(H,17,18). The molecule has 1 heterocycles. The quantitative estimate of drug-likeness (QED) is 0.855. The summed E-state index contributed by atoms with van der Waals surface area (Å²) in [6, 6.07) is 6.20. The maximum atomic E-state index is 12.0. The van der Waals surface area contributed by atoms with E-state index in [4.69, 9.17) is 4.74 Å². The number of carbonyl (C=O) groups excluding carboxylic acids is 1. The lowest BCUT2D eigenvalue weighted by Crippen LogP contribution is -2.24. The van der Waals surface area contributed by atoms with Crippen molar-refractivity contribution in [1.82, 2.24) is 10.6 Å². The van der Waals surface area contributed by atoms with Crippen molar-refractivity contribution in [2.75, 3.05) is 20.2 Å². The Morgan fingerprint density at radius 1 is 1.47 bits per heavy atom. The van der Waals surface area contributed by atoms with Gasteiger partial charge in [0.1, 0.15) is 12.4 Å². The molecule has 0 bridgehead atoms. The minimum absolute atomic E-state index is 0.0419. The highest BCUT2D eigenvalue weighted by atomic mass is 16.5. The Morgan fingerprint density at radius 3 is 3.05 bits per heavy atom. The van der Waals surface area contributed by atoms with Gasteiger partial charge in [-0.25, -0.2) is 0 Å². The van der Waals surface area contributed by atoms with Crippen molar-refractivity contribution >= 4 is 5.91 Å². The molecule has 2 N–H and O–H groups in total. The topological polar surface area (TPSA) is 50.4 Å². The first-order valence-electron chi connectivity index (χ1n) is 6.98. The van der Waals surface area contributed by atoms with E-state index in [-0.39, 0.29) is 5.91 Å². The van der Waals surface area contributed by atoms with E-state index in [0.29, 0.717) is 30.5 Å². The molecular weight excluding hydrogens is 240 g/mol. The van der Waals surface area contributed by atoms with E-state index in [2.05, 4.69) is 17.6 Å². The van der Waals surface area contributed by atoms with Crippen molar-refractivity contribution in [3.63, 3.8) is 0 Å². The molecule has 0 aromatic heterocycles. The van der Waals surface area contributed by atoms with Crippen molar-refractivity contribution in [3.8, 4) is 5.75 Å². The number of nitrogens with one attached hydrogen (secondary N) is 2. The summed E-state index contributed by atoms with van der Waals surface area (Å²) in [5, 5.41) is 6.16. The molecule has 1 aromatic carbocycles. The molecule has 1 aromatic rings. The zero-order chi connectivity index (χ0) is 13.7. The molecule has 1 aliphatic heterocycles. The first-order valence-corrected chi connectivity index (χ1v) is 6.98. The van der Waals surface area contributed by atoms with Gasteiger partial charge in [-0.1, -0.05) is 25.8 Å². The molecule has 104 valence electrons. The average molecular weight is 262 g/mol. The second kappa shape index (κ2) is 6.57. The van der Waals surface area contributed by atoms with E-state index >= 15 is 0 Å². The van der Waals surface area contributed by atoms with E-state index in [1.807, 2.05) is 25.2 Å². The minimum Gasteiger partial charge on any atom is -0.491 e. The van der Waals surface area contributed by atoms with Gasteiger partial charge in [0, 0.05) is 6.04 Å². The summed E-state index contributed by atoms with van der Waals surface area (Å²) in [4.78, 5) is 12.0. The predicted molar refractivity (Wildman–Crippen MR) is 75.6 cm³/mol. The van der Waals surface area contributed by atoms with Gasteiger partial charge in [0.05, 0.1) is 12.1 Å².